The third-order valence-electron chi connectivity index (χ3n) is 1.51. The summed E-state index contributed by atoms with van der Waals surface area (Å²) in [7, 11) is 0. The van der Waals surface area contributed by atoms with Gasteiger partial charge >= 0.3 is 0 Å². The third-order valence-corrected chi connectivity index (χ3v) is 1.51. The van der Waals surface area contributed by atoms with Crippen LogP contribution >= 0.6 is 0 Å². The average molecular weight is 166 g/mol. The summed E-state index contributed by atoms with van der Waals surface area (Å²) in [6.07, 6.45) is 0. The number of H-pyrrole nitrogens is 1. The molecule has 0 saturated carbocycles. The van der Waals surface area contributed by atoms with E-state index in [4.69, 9.17) is 0 Å². The van der Waals surface area contributed by atoms with Crippen LogP contribution < -0.4 is 0 Å². The third kappa shape index (κ3) is 1.42. The van der Waals surface area contributed by atoms with Crippen molar-refractivity contribution >= 4 is 11.6 Å². The summed E-state index contributed by atoms with van der Waals surface area (Å²) in [4.78, 5) is 28.6. The number of carbonyl (C=O) groups is 2. The van der Waals surface area contributed by atoms with Gasteiger partial charge in [0.1, 0.15) is 17.2 Å². The topological polar surface area (TPSA) is 62.8 Å². The van der Waals surface area contributed by atoms with Crippen LogP contribution in [0.15, 0.2) is 0 Å². The first kappa shape index (κ1) is 8.64. The molecule has 0 aliphatic heterocycles. The predicted octanol–water partition coefficient (Wildman–Crippen LogP) is 1.12. The van der Waals surface area contributed by atoms with Crippen LogP contribution in [-0.2, 0) is 0 Å². The molecule has 4 nitrogen and oxygen atoms in total. The maximum Gasteiger partial charge on any atom is 0.180 e. The number of nitrogens with zero attached hydrogens (tertiary/aromatic N) is 1. The van der Waals surface area contributed by atoms with E-state index in [1.54, 1.807) is 6.92 Å². The molecule has 1 aromatic rings. The van der Waals surface area contributed by atoms with Crippen molar-refractivity contribution in [1.82, 2.24) is 9.97 Å². The van der Waals surface area contributed by atoms with E-state index in [1.165, 1.54) is 13.8 Å². The molecule has 0 atom stereocenters. The molecule has 0 saturated heterocycles. The molecule has 1 aromatic heterocycles. The van der Waals surface area contributed by atoms with Crippen molar-refractivity contribution in [3.05, 3.63) is 17.2 Å². The van der Waals surface area contributed by atoms with Gasteiger partial charge in [-0.3, -0.25) is 9.59 Å². The second-order valence-corrected chi connectivity index (χ2v) is 2.66. The van der Waals surface area contributed by atoms with E-state index in [0.717, 1.165) is 0 Å². The van der Waals surface area contributed by atoms with Gasteiger partial charge in [0, 0.05) is 13.8 Å². The summed E-state index contributed by atoms with van der Waals surface area (Å²) < 4.78 is 0. The van der Waals surface area contributed by atoms with Crippen LogP contribution in [0, 0.1) is 6.92 Å². The molecular weight excluding hydrogens is 156 g/mol. The quantitative estimate of drug-likeness (QED) is 0.669. The number of Topliss-reactive ketones (excluding diaryl/α,β-unsaturated/α-hetero) is 2. The van der Waals surface area contributed by atoms with Gasteiger partial charge in [-0.1, -0.05) is 0 Å². The van der Waals surface area contributed by atoms with Crippen LogP contribution in [0.1, 0.15) is 40.6 Å². The Morgan fingerprint density at radius 1 is 1.25 bits per heavy atom. The standard InChI is InChI=1S/C8H10N2O2/c1-4(11)7-8(5(2)12)10-6(3)9-7/h1-3H3,(H,9,10). The minimum Gasteiger partial charge on any atom is -0.339 e. The zero-order valence-electron chi connectivity index (χ0n) is 7.26. The molecular formula is C8H10N2O2. The van der Waals surface area contributed by atoms with Crippen LogP contribution in [0.4, 0.5) is 0 Å². The van der Waals surface area contributed by atoms with Gasteiger partial charge in [0.2, 0.25) is 0 Å². The van der Waals surface area contributed by atoms with Crippen LogP contribution in [-0.4, -0.2) is 21.5 Å². The predicted molar refractivity (Wildman–Crippen MR) is 43.3 cm³/mol. The lowest BCUT2D eigenvalue weighted by Gasteiger charge is -1.90. The van der Waals surface area contributed by atoms with Gasteiger partial charge in [-0.15, -0.1) is 0 Å². The molecule has 1 N–H and O–H groups in total. The number of imidazole rings is 1. The first-order valence-corrected chi connectivity index (χ1v) is 3.61. The first-order valence-electron chi connectivity index (χ1n) is 3.61. The summed E-state index contributed by atoms with van der Waals surface area (Å²) in [5.41, 5.74) is 0.542. The normalized spacial score (nSPS) is 9.92. The summed E-state index contributed by atoms with van der Waals surface area (Å²) in [6.45, 7) is 4.50. The summed E-state index contributed by atoms with van der Waals surface area (Å²) in [6, 6.07) is 0. The molecule has 1 rings (SSSR count). The van der Waals surface area contributed by atoms with E-state index in [2.05, 4.69) is 9.97 Å². The first-order chi connectivity index (χ1) is 5.52. The lowest BCUT2D eigenvalue weighted by atomic mass is 10.2. The van der Waals surface area contributed by atoms with Crippen molar-refractivity contribution < 1.29 is 9.59 Å². The second-order valence-electron chi connectivity index (χ2n) is 2.66. The largest absolute Gasteiger partial charge is 0.339 e. The van der Waals surface area contributed by atoms with Crippen molar-refractivity contribution in [3.8, 4) is 0 Å². The molecule has 0 aliphatic rings. The summed E-state index contributed by atoms with van der Waals surface area (Å²) in [5, 5.41) is 0. The number of nitrogens with one attached hydrogen (secondary N) is 1. The van der Waals surface area contributed by atoms with Crippen molar-refractivity contribution in [3.63, 3.8) is 0 Å². The minimum atomic E-state index is -0.190. The number of aromatic nitrogens is 2. The molecule has 64 valence electrons. The van der Waals surface area contributed by atoms with Crippen molar-refractivity contribution in [1.29, 1.82) is 0 Å². The summed E-state index contributed by atoms with van der Waals surface area (Å²) >= 11 is 0. The zero-order valence-corrected chi connectivity index (χ0v) is 7.26. The molecule has 0 fully saturated rings. The van der Waals surface area contributed by atoms with Crippen LogP contribution in [0.5, 0.6) is 0 Å². The highest BCUT2D eigenvalue weighted by Crippen LogP contribution is 2.06. The molecule has 0 aromatic carbocycles. The Morgan fingerprint density at radius 3 is 2.17 bits per heavy atom. The fourth-order valence-electron chi connectivity index (χ4n) is 1.00. The number of aromatic amines is 1. The molecule has 0 radical (unpaired) electrons. The monoisotopic (exact) mass is 166 g/mol. The molecule has 0 bridgehead atoms. The van der Waals surface area contributed by atoms with Gasteiger partial charge in [0.05, 0.1) is 0 Å². The van der Waals surface area contributed by atoms with Crippen molar-refractivity contribution in [2.75, 3.05) is 0 Å². The van der Waals surface area contributed by atoms with Gasteiger partial charge in [-0.2, -0.15) is 0 Å². The molecule has 0 amide bonds. The van der Waals surface area contributed by atoms with Crippen LogP contribution in [0.25, 0.3) is 0 Å². The Balaban J connectivity index is 3.26. The maximum atomic E-state index is 11.0. The number of hydrogen-bond acceptors (Lipinski definition) is 3. The Morgan fingerprint density at radius 2 is 1.83 bits per heavy atom. The van der Waals surface area contributed by atoms with Gasteiger partial charge < -0.3 is 4.98 Å². The van der Waals surface area contributed by atoms with Crippen LogP contribution in [0.2, 0.25) is 0 Å². The molecule has 0 unspecified atom stereocenters. The van der Waals surface area contributed by atoms with E-state index in [9.17, 15) is 9.59 Å². The number of carbonyl (C=O) groups excluding carboxylic acids is 2. The molecule has 4 heteroatoms. The minimum absolute atomic E-state index is 0.166. The number of hydrogen-bond donors (Lipinski definition) is 1. The average Bonchev–Trinajstić information content (AvgIpc) is 2.31. The lowest BCUT2D eigenvalue weighted by Crippen LogP contribution is -2.02. The van der Waals surface area contributed by atoms with Gasteiger partial charge in [-0.25, -0.2) is 4.98 Å². The maximum absolute atomic E-state index is 11.0. The van der Waals surface area contributed by atoms with E-state index in [-0.39, 0.29) is 17.3 Å². The zero-order chi connectivity index (χ0) is 9.30. The van der Waals surface area contributed by atoms with Crippen LogP contribution in [0.3, 0.4) is 0 Å². The highest BCUT2D eigenvalue weighted by Gasteiger charge is 2.15. The summed E-state index contributed by atoms with van der Waals surface area (Å²) in [5.74, 6) is 0.232. The lowest BCUT2D eigenvalue weighted by molar-refractivity contribution is 0.0976. The Bertz CT molecular complexity index is 307. The smallest absolute Gasteiger partial charge is 0.180 e. The Labute approximate surface area is 70.0 Å². The second kappa shape index (κ2) is 2.89. The molecule has 0 spiro atoms. The highest BCUT2D eigenvalue weighted by atomic mass is 16.1. The molecule has 1 heterocycles. The Hall–Kier alpha value is -1.45. The van der Waals surface area contributed by atoms with Gasteiger partial charge in [0.15, 0.2) is 11.6 Å². The van der Waals surface area contributed by atoms with Gasteiger partial charge in [0.25, 0.3) is 0 Å². The Kier molecular flexibility index (Phi) is 2.08. The number of ketones is 2. The SMILES string of the molecule is CC(=O)c1nc(C)[nH]c1C(C)=O. The number of aryl methyl sites for hydroxylation is 1. The molecule has 0 aliphatic carbocycles. The van der Waals surface area contributed by atoms with Crippen molar-refractivity contribution in [2.45, 2.75) is 20.8 Å². The number of rotatable bonds is 2. The van der Waals surface area contributed by atoms with E-state index < -0.39 is 0 Å². The fraction of sp³-hybridized carbons (Fsp3) is 0.375. The van der Waals surface area contributed by atoms with E-state index >= 15 is 0 Å². The fourth-order valence-corrected chi connectivity index (χ4v) is 1.00. The van der Waals surface area contributed by atoms with E-state index in [1.807, 2.05) is 0 Å². The van der Waals surface area contributed by atoms with Crippen molar-refractivity contribution in [2.24, 2.45) is 0 Å². The molecule has 12 heavy (non-hydrogen) atoms. The van der Waals surface area contributed by atoms with Gasteiger partial charge in [-0.05, 0) is 6.92 Å². The van der Waals surface area contributed by atoms with E-state index in [0.29, 0.717) is 11.5 Å². The highest BCUT2D eigenvalue weighted by molar-refractivity contribution is 6.04.